The van der Waals surface area contributed by atoms with Crippen LogP contribution < -0.4 is 4.74 Å². The van der Waals surface area contributed by atoms with Crippen LogP contribution in [0.3, 0.4) is 0 Å². The lowest BCUT2D eigenvalue weighted by atomic mass is 10.1. The molecule has 0 spiro atoms. The van der Waals surface area contributed by atoms with Crippen molar-refractivity contribution in [2.75, 3.05) is 13.7 Å². The van der Waals surface area contributed by atoms with E-state index in [0.717, 1.165) is 13.2 Å². The Bertz CT molecular complexity index is 493. The van der Waals surface area contributed by atoms with E-state index in [1.807, 2.05) is 0 Å². The van der Waals surface area contributed by atoms with E-state index in [-0.39, 0.29) is 11.3 Å². The van der Waals surface area contributed by atoms with E-state index in [2.05, 4.69) is 4.74 Å². The zero-order valence-corrected chi connectivity index (χ0v) is 9.94. The third-order valence-electron chi connectivity index (χ3n) is 2.22. The maximum Gasteiger partial charge on any atom is 0.341 e. The SMILES string of the molecule is COC(=O)C(C)(O)COc1cccc(F)c1C#N. The van der Waals surface area contributed by atoms with Crippen molar-refractivity contribution >= 4 is 5.97 Å². The number of halogens is 1. The smallest absolute Gasteiger partial charge is 0.341 e. The quantitative estimate of drug-likeness (QED) is 0.810. The van der Waals surface area contributed by atoms with Gasteiger partial charge in [-0.05, 0) is 19.1 Å². The molecule has 0 radical (unpaired) electrons. The van der Waals surface area contributed by atoms with E-state index in [4.69, 9.17) is 10.00 Å². The van der Waals surface area contributed by atoms with Gasteiger partial charge in [0.2, 0.25) is 0 Å². The molecule has 0 fully saturated rings. The molecule has 1 aromatic carbocycles. The Kier molecular flexibility index (Phi) is 4.23. The number of hydrogen-bond donors (Lipinski definition) is 1. The van der Waals surface area contributed by atoms with Crippen LogP contribution in [0.5, 0.6) is 5.75 Å². The third-order valence-corrected chi connectivity index (χ3v) is 2.22. The van der Waals surface area contributed by atoms with Crippen molar-refractivity contribution < 1.29 is 23.8 Å². The van der Waals surface area contributed by atoms with Gasteiger partial charge in [-0.15, -0.1) is 0 Å². The summed E-state index contributed by atoms with van der Waals surface area (Å²) in [6.07, 6.45) is 0. The highest BCUT2D eigenvalue weighted by Gasteiger charge is 2.32. The molecule has 96 valence electrons. The summed E-state index contributed by atoms with van der Waals surface area (Å²) >= 11 is 0. The molecule has 1 N–H and O–H groups in total. The van der Waals surface area contributed by atoms with Gasteiger partial charge in [-0.25, -0.2) is 9.18 Å². The summed E-state index contributed by atoms with van der Waals surface area (Å²) in [7, 11) is 1.12. The van der Waals surface area contributed by atoms with E-state index in [1.54, 1.807) is 6.07 Å². The topological polar surface area (TPSA) is 79.6 Å². The molecule has 1 aromatic rings. The minimum atomic E-state index is -1.87. The molecule has 0 amide bonds. The maximum absolute atomic E-state index is 13.2. The van der Waals surface area contributed by atoms with Crippen molar-refractivity contribution in [3.8, 4) is 11.8 Å². The molecule has 0 saturated heterocycles. The fourth-order valence-electron chi connectivity index (χ4n) is 1.23. The number of nitrogens with zero attached hydrogens (tertiary/aromatic N) is 1. The molecule has 1 unspecified atom stereocenters. The molecule has 1 rings (SSSR count). The number of nitriles is 1. The highest BCUT2D eigenvalue weighted by Crippen LogP contribution is 2.21. The molecule has 5 nitrogen and oxygen atoms in total. The predicted octanol–water partition coefficient (Wildman–Crippen LogP) is 1.00. The summed E-state index contributed by atoms with van der Waals surface area (Å²) in [6, 6.07) is 5.49. The van der Waals surface area contributed by atoms with Gasteiger partial charge < -0.3 is 14.6 Å². The average Bonchev–Trinajstić information content (AvgIpc) is 2.35. The standard InChI is InChI=1S/C12H12FNO4/c1-12(16,11(15)17-2)7-18-10-5-3-4-9(13)8(10)6-14/h3-5,16H,7H2,1-2H3. The summed E-state index contributed by atoms with van der Waals surface area (Å²) < 4.78 is 22.7. The lowest BCUT2D eigenvalue weighted by molar-refractivity contribution is -0.163. The molecule has 0 bridgehead atoms. The van der Waals surface area contributed by atoms with Crippen LogP contribution in [-0.2, 0) is 9.53 Å². The van der Waals surface area contributed by atoms with Crippen LogP contribution in [0.2, 0.25) is 0 Å². The summed E-state index contributed by atoms with van der Waals surface area (Å²) in [6.45, 7) is 0.752. The van der Waals surface area contributed by atoms with Gasteiger partial charge in [-0.2, -0.15) is 5.26 Å². The van der Waals surface area contributed by atoms with Crippen molar-refractivity contribution in [2.45, 2.75) is 12.5 Å². The van der Waals surface area contributed by atoms with E-state index in [1.165, 1.54) is 19.1 Å². The number of carbonyl (C=O) groups is 1. The average molecular weight is 253 g/mol. The molecule has 0 aliphatic rings. The Labute approximate surface area is 103 Å². The second-order valence-corrected chi connectivity index (χ2v) is 3.78. The first-order chi connectivity index (χ1) is 8.42. The Morgan fingerprint density at radius 3 is 2.83 bits per heavy atom. The van der Waals surface area contributed by atoms with Crippen molar-refractivity contribution in [1.29, 1.82) is 5.26 Å². The first kappa shape index (κ1) is 13.9. The normalized spacial score (nSPS) is 13.3. The van der Waals surface area contributed by atoms with Gasteiger partial charge in [-0.3, -0.25) is 0 Å². The third kappa shape index (κ3) is 2.96. The number of benzene rings is 1. The summed E-state index contributed by atoms with van der Waals surface area (Å²) in [4.78, 5) is 11.2. The highest BCUT2D eigenvalue weighted by atomic mass is 19.1. The number of ether oxygens (including phenoxy) is 2. The lowest BCUT2D eigenvalue weighted by Gasteiger charge is -2.20. The van der Waals surface area contributed by atoms with Crippen LogP contribution in [0.15, 0.2) is 18.2 Å². The van der Waals surface area contributed by atoms with Crippen LogP contribution in [0.4, 0.5) is 4.39 Å². The largest absolute Gasteiger partial charge is 0.488 e. The maximum atomic E-state index is 13.2. The molecule has 1 atom stereocenters. The Hall–Kier alpha value is -2.13. The zero-order valence-electron chi connectivity index (χ0n) is 9.94. The molecule has 0 saturated carbocycles. The molecular formula is C12H12FNO4. The van der Waals surface area contributed by atoms with Gasteiger partial charge in [0.25, 0.3) is 0 Å². The van der Waals surface area contributed by atoms with Gasteiger partial charge in [0.1, 0.15) is 29.8 Å². The zero-order chi connectivity index (χ0) is 13.8. The van der Waals surface area contributed by atoms with Crippen LogP contribution in [-0.4, -0.2) is 30.4 Å². The molecule has 0 aromatic heterocycles. The number of rotatable bonds is 4. The first-order valence-corrected chi connectivity index (χ1v) is 5.04. The van der Waals surface area contributed by atoms with Gasteiger partial charge in [-0.1, -0.05) is 6.07 Å². The molecule has 0 heterocycles. The minimum absolute atomic E-state index is 0.0401. The molecule has 18 heavy (non-hydrogen) atoms. The number of esters is 1. The Morgan fingerprint density at radius 1 is 1.61 bits per heavy atom. The van der Waals surface area contributed by atoms with Gasteiger partial charge in [0, 0.05) is 0 Å². The molecule has 6 heteroatoms. The van der Waals surface area contributed by atoms with Gasteiger partial charge in [0.15, 0.2) is 5.60 Å². The Morgan fingerprint density at radius 2 is 2.28 bits per heavy atom. The van der Waals surface area contributed by atoms with Crippen LogP contribution in [0, 0.1) is 17.1 Å². The second-order valence-electron chi connectivity index (χ2n) is 3.78. The van der Waals surface area contributed by atoms with E-state index in [0.29, 0.717) is 0 Å². The first-order valence-electron chi connectivity index (χ1n) is 5.04. The van der Waals surface area contributed by atoms with Crippen LogP contribution >= 0.6 is 0 Å². The van der Waals surface area contributed by atoms with E-state index in [9.17, 15) is 14.3 Å². The number of methoxy groups -OCH3 is 1. The fraction of sp³-hybridized carbons (Fsp3) is 0.333. The second kappa shape index (κ2) is 5.47. The summed E-state index contributed by atoms with van der Waals surface area (Å²) in [5.74, 6) is -1.65. The molecule has 0 aliphatic carbocycles. The van der Waals surface area contributed by atoms with Crippen LogP contribution in [0.25, 0.3) is 0 Å². The lowest BCUT2D eigenvalue weighted by Crippen LogP contribution is -2.42. The Balaban J connectivity index is 2.85. The van der Waals surface area contributed by atoms with Gasteiger partial charge >= 0.3 is 5.97 Å². The molecule has 0 aliphatic heterocycles. The van der Waals surface area contributed by atoms with Crippen LogP contribution in [0.1, 0.15) is 12.5 Å². The van der Waals surface area contributed by atoms with E-state index < -0.39 is 24.0 Å². The predicted molar refractivity (Wildman–Crippen MR) is 59.2 cm³/mol. The number of hydrogen-bond acceptors (Lipinski definition) is 5. The monoisotopic (exact) mass is 253 g/mol. The number of carbonyl (C=O) groups excluding carboxylic acids is 1. The number of aliphatic hydroxyl groups is 1. The van der Waals surface area contributed by atoms with Crippen molar-refractivity contribution in [1.82, 2.24) is 0 Å². The fourth-order valence-corrected chi connectivity index (χ4v) is 1.23. The van der Waals surface area contributed by atoms with E-state index >= 15 is 0 Å². The summed E-state index contributed by atoms with van der Waals surface area (Å²) in [5, 5.41) is 18.5. The van der Waals surface area contributed by atoms with Gasteiger partial charge in [0.05, 0.1) is 7.11 Å². The highest BCUT2D eigenvalue weighted by molar-refractivity contribution is 5.78. The molecular weight excluding hydrogens is 241 g/mol. The van der Waals surface area contributed by atoms with Crippen molar-refractivity contribution in [2.24, 2.45) is 0 Å². The summed E-state index contributed by atoms with van der Waals surface area (Å²) in [5.41, 5.74) is -2.15. The minimum Gasteiger partial charge on any atom is -0.488 e. The van der Waals surface area contributed by atoms with Crippen molar-refractivity contribution in [3.63, 3.8) is 0 Å². The van der Waals surface area contributed by atoms with Crippen molar-refractivity contribution in [3.05, 3.63) is 29.6 Å².